The van der Waals surface area contributed by atoms with Crippen LogP contribution in [0.25, 0.3) is 22.0 Å². The van der Waals surface area contributed by atoms with Crippen LogP contribution >= 0.6 is 0 Å². The minimum absolute atomic E-state index is 0.185. The van der Waals surface area contributed by atoms with E-state index in [-0.39, 0.29) is 11.1 Å². The normalized spacial score (nSPS) is 15.3. The highest BCUT2D eigenvalue weighted by molar-refractivity contribution is 6.46. The Morgan fingerprint density at radius 3 is 2.04 bits per heavy atom. The fourth-order valence-corrected chi connectivity index (χ4v) is 3.32. The Balaban J connectivity index is 1.92. The molecule has 4 rings (SSSR count). The highest BCUT2D eigenvalue weighted by Crippen LogP contribution is 2.35. The molecule has 128 valence electrons. The van der Waals surface area contributed by atoms with Gasteiger partial charge in [0.15, 0.2) is 11.5 Å². The Morgan fingerprint density at radius 2 is 1.35 bits per heavy atom. The van der Waals surface area contributed by atoms with Gasteiger partial charge in [0.25, 0.3) is 0 Å². The predicted octanol–water partition coefficient (Wildman–Crippen LogP) is 3.57. The van der Waals surface area contributed by atoms with E-state index in [0.717, 1.165) is 10.9 Å². The van der Waals surface area contributed by atoms with E-state index in [0.29, 0.717) is 11.3 Å². The van der Waals surface area contributed by atoms with E-state index in [1.165, 1.54) is 0 Å². The van der Waals surface area contributed by atoms with Crippen molar-refractivity contribution in [3.8, 4) is 0 Å². The molecule has 0 atom stereocenters. The molecular weight excluding hydrogens is 330 g/mol. The molecule has 0 fully saturated rings. The molecule has 2 aromatic carbocycles. The highest BCUT2D eigenvalue weighted by Gasteiger charge is 2.37. The van der Waals surface area contributed by atoms with E-state index < -0.39 is 23.1 Å². The molecule has 1 aliphatic rings. The molecular formula is C21H15NO4. The van der Waals surface area contributed by atoms with Gasteiger partial charge in [-0.15, -0.1) is 0 Å². The summed E-state index contributed by atoms with van der Waals surface area (Å²) in [5, 5.41) is 21.8. The molecule has 0 spiro atoms. The number of aromatic nitrogens is 1. The average Bonchev–Trinajstić information content (AvgIpc) is 2.98. The van der Waals surface area contributed by atoms with Gasteiger partial charge in [-0.25, -0.2) is 0 Å². The van der Waals surface area contributed by atoms with Crippen LogP contribution in [0.5, 0.6) is 0 Å². The number of aliphatic hydroxyl groups excluding tert-OH is 2. The summed E-state index contributed by atoms with van der Waals surface area (Å²) >= 11 is 0. The first-order valence-corrected chi connectivity index (χ1v) is 8.07. The van der Waals surface area contributed by atoms with Crippen molar-refractivity contribution in [2.24, 2.45) is 7.05 Å². The van der Waals surface area contributed by atoms with Gasteiger partial charge < -0.3 is 14.8 Å². The zero-order chi connectivity index (χ0) is 18.4. The second-order valence-electron chi connectivity index (χ2n) is 6.12. The number of fused-ring (bicyclic) bond motifs is 1. The van der Waals surface area contributed by atoms with Crippen molar-refractivity contribution in [1.82, 2.24) is 4.57 Å². The van der Waals surface area contributed by atoms with Crippen molar-refractivity contribution in [3.05, 3.63) is 83.4 Å². The van der Waals surface area contributed by atoms with E-state index in [1.54, 1.807) is 48.0 Å². The lowest BCUT2D eigenvalue weighted by atomic mass is 9.88. The molecule has 0 saturated heterocycles. The van der Waals surface area contributed by atoms with Crippen molar-refractivity contribution in [3.63, 3.8) is 0 Å². The first-order valence-electron chi connectivity index (χ1n) is 8.07. The second kappa shape index (κ2) is 5.74. The summed E-state index contributed by atoms with van der Waals surface area (Å²) in [5.41, 5.74) is 1.23. The van der Waals surface area contributed by atoms with Gasteiger partial charge in [-0.1, -0.05) is 48.5 Å². The van der Waals surface area contributed by atoms with Gasteiger partial charge >= 0.3 is 0 Å². The second-order valence-corrected chi connectivity index (χ2v) is 6.12. The average molecular weight is 345 g/mol. The number of benzene rings is 2. The summed E-state index contributed by atoms with van der Waals surface area (Å²) < 4.78 is 1.72. The van der Waals surface area contributed by atoms with Crippen LogP contribution in [0.2, 0.25) is 0 Å². The Kier molecular flexibility index (Phi) is 3.51. The first-order chi connectivity index (χ1) is 12.5. The first kappa shape index (κ1) is 15.9. The number of allylic oxidation sites excluding steroid dienone is 2. The maximum absolute atomic E-state index is 12.8. The molecule has 0 bridgehead atoms. The van der Waals surface area contributed by atoms with Crippen LogP contribution in [0, 0.1) is 0 Å². The number of aryl methyl sites for hydroxylation is 1. The van der Waals surface area contributed by atoms with Crippen molar-refractivity contribution in [1.29, 1.82) is 0 Å². The van der Waals surface area contributed by atoms with E-state index in [2.05, 4.69) is 0 Å². The summed E-state index contributed by atoms with van der Waals surface area (Å²) in [6.45, 7) is 0. The van der Waals surface area contributed by atoms with Crippen LogP contribution in [0.15, 0.2) is 72.2 Å². The maximum Gasteiger partial charge on any atom is 0.234 e. The van der Waals surface area contributed by atoms with Gasteiger partial charge in [0, 0.05) is 18.0 Å². The molecule has 0 unspecified atom stereocenters. The lowest BCUT2D eigenvalue weighted by Crippen LogP contribution is -2.23. The summed E-state index contributed by atoms with van der Waals surface area (Å²) in [6, 6.07) is 17.5. The molecule has 1 aromatic heterocycles. The number of ketones is 2. The van der Waals surface area contributed by atoms with Gasteiger partial charge in [-0.3, -0.25) is 9.59 Å². The minimum Gasteiger partial charge on any atom is -0.504 e. The van der Waals surface area contributed by atoms with Crippen molar-refractivity contribution in [2.45, 2.75) is 0 Å². The summed E-state index contributed by atoms with van der Waals surface area (Å²) in [4.78, 5) is 25.5. The zero-order valence-corrected chi connectivity index (χ0v) is 13.9. The third-order valence-electron chi connectivity index (χ3n) is 4.63. The number of para-hydroxylation sites is 1. The van der Waals surface area contributed by atoms with Crippen molar-refractivity contribution < 1.29 is 19.8 Å². The molecule has 26 heavy (non-hydrogen) atoms. The maximum atomic E-state index is 12.8. The Hall–Kier alpha value is -3.60. The molecule has 1 aliphatic carbocycles. The number of carbonyl (C=O) groups excluding carboxylic acids is 2. The van der Waals surface area contributed by atoms with Gasteiger partial charge in [0.2, 0.25) is 11.6 Å². The highest BCUT2D eigenvalue weighted by atomic mass is 16.3. The molecule has 2 N–H and O–H groups in total. The topological polar surface area (TPSA) is 79.5 Å². The monoisotopic (exact) mass is 345 g/mol. The van der Waals surface area contributed by atoms with Crippen LogP contribution < -0.4 is 0 Å². The van der Waals surface area contributed by atoms with Gasteiger partial charge in [-0.2, -0.15) is 0 Å². The summed E-state index contributed by atoms with van der Waals surface area (Å²) in [7, 11) is 1.74. The summed E-state index contributed by atoms with van der Waals surface area (Å²) in [6.07, 6.45) is 0. The number of hydrogen-bond donors (Lipinski definition) is 2. The Bertz CT molecular complexity index is 1130. The smallest absolute Gasteiger partial charge is 0.234 e. The van der Waals surface area contributed by atoms with Crippen LogP contribution in [-0.4, -0.2) is 26.3 Å². The van der Waals surface area contributed by atoms with Crippen LogP contribution in [0.3, 0.4) is 0 Å². The largest absolute Gasteiger partial charge is 0.504 e. The van der Waals surface area contributed by atoms with Gasteiger partial charge in [-0.05, 0) is 17.7 Å². The molecule has 1 heterocycles. The summed E-state index contributed by atoms with van der Waals surface area (Å²) in [5.74, 6) is -2.85. The third-order valence-corrected chi connectivity index (χ3v) is 4.63. The fraction of sp³-hybridized carbons (Fsp3) is 0.0476. The molecule has 0 radical (unpaired) electrons. The number of Topliss-reactive ketones (excluding diaryl/α,β-unsaturated/α-hetero) is 2. The molecule has 0 aliphatic heterocycles. The van der Waals surface area contributed by atoms with Crippen LogP contribution in [0.1, 0.15) is 11.3 Å². The van der Waals surface area contributed by atoms with Gasteiger partial charge in [0.05, 0.1) is 16.8 Å². The lowest BCUT2D eigenvalue weighted by molar-refractivity contribution is -0.116. The van der Waals surface area contributed by atoms with E-state index in [1.807, 2.05) is 24.3 Å². The SMILES string of the molecule is Cn1c(C2=C(O)C(=O)C(c3ccccc3)=C(O)C2=O)cc2ccccc21. The molecule has 0 saturated carbocycles. The van der Waals surface area contributed by atoms with Gasteiger partial charge in [0.1, 0.15) is 0 Å². The predicted molar refractivity (Wildman–Crippen MR) is 98.5 cm³/mol. The zero-order valence-electron chi connectivity index (χ0n) is 13.9. The van der Waals surface area contributed by atoms with Crippen LogP contribution in [0.4, 0.5) is 0 Å². The molecule has 3 aromatic rings. The number of hydrogen-bond acceptors (Lipinski definition) is 4. The van der Waals surface area contributed by atoms with E-state index in [9.17, 15) is 19.8 Å². The minimum atomic E-state index is -0.771. The van der Waals surface area contributed by atoms with Crippen LogP contribution in [-0.2, 0) is 16.6 Å². The number of aliphatic hydroxyl groups is 2. The third kappa shape index (κ3) is 2.18. The van der Waals surface area contributed by atoms with E-state index >= 15 is 0 Å². The number of nitrogens with zero attached hydrogens (tertiary/aromatic N) is 1. The Labute approximate surface area is 149 Å². The Morgan fingerprint density at radius 1 is 0.769 bits per heavy atom. The fourth-order valence-electron chi connectivity index (χ4n) is 3.32. The standard InChI is InChI=1S/C21H15NO4/c1-22-14-10-6-5-9-13(14)11-15(22)17-20(25)18(23)16(19(24)21(17)26)12-7-3-2-4-8-12/h2-11,23,26H,1H3. The van der Waals surface area contributed by atoms with E-state index in [4.69, 9.17) is 0 Å². The molecule has 0 amide bonds. The number of rotatable bonds is 2. The molecule has 5 heteroatoms. The van der Waals surface area contributed by atoms with Crippen molar-refractivity contribution in [2.75, 3.05) is 0 Å². The lowest BCUT2D eigenvalue weighted by Gasteiger charge is -2.18. The number of carbonyl (C=O) groups is 2. The van der Waals surface area contributed by atoms with Crippen molar-refractivity contribution >= 4 is 33.6 Å². The quantitative estimate of drug-likeness (QED) is 0.696. The molecule has 5 nitrogen and oxygen atoms in total.